The van der Waals surface area contributed by atoms with Gasteiger partial charge in [0.15, 0.2) is 0 Å². The maximum atomic E-state index is 11.1. The van der Waals surface area contributed by atoms with Crippen molar-refractivity contribution in [1.29, 1.82) is 0 Å². The molecule has 3 nitrogen and oxygen atoms in total. The van der Waals surface area contributed by atoms with Gasteiger partial charge in [-0.15, -0.1) is 0 Å². The largest absolute Gasteiger partial charge is 0.493 e. The Morgan fingerprint density at radius 1 is 1.08 bits per heavy atom. The lowest BCUT2D eigenvalue weighted by molar-refractivity contribution is -0.116. The van der Waals surface area contributed by atoms with Gasteiger partial charge < -0.3 is 10.1 Å². The van der Waals surface area contributed by atoms with Crippen LogP contribution in [0.25, 0.3) is 0 Å². The lowest BCUT2D eigenvalue weighted by atomic mass is 9.78. The Morgan fingerprint density at radius 3 is 2.04 bits per heavy atom. The van der Waals surface area contributed by atoms with Crippen molar-refractivity contribution in [3.63, 3.8) is 0 Å². The van der Waals surface area contributed by atoms with Gasteiger partial charge in [-0.25, -0.2) is 0 Å². The third-order valence-electron chi connectivity index (χ3n) is 4.15. The standard InChI is InChI=1S/C22H35NO2/c1-9-19(24)23-12-10-11-13-25-20-17(21(3,4)5)14-16(2)15-18(20)22(6,7)8/h9,14-15H,1,10-13H2,2-8H3,(H,23,24). The highest BCUT2D eigenvalue weighted by atomic mass is 16.5. The Labute approximate surface area is 153 Å². The minimum Gasteiger partial charge on any atom is -0.493 e. The molecule has 0 fully saturated rings. The summed E-state index contributed by atoms with van der Waals surface area (Å²) in [6.45, 7) is 20.3. The van der Waals surface area contributed by atoms with Crippen LogP contribution in [-0.2, 0) is 15.6 Å². The van der Waals surface area contributed by atoms with Crippen LogP contribution in [0, 0.1) is 6.92 Å². The lowest BCUT2D eigenvalue weighted by Gasteiger charge is -2.30. The van der Waals surface area contributed by atoms with E-state index in [9.17, 15) is 4.79 Å². The number of carbonyl (C=O) groups excluding carboxylic acids is 1. The number of carbonyl (C=O) groups is 1. The number of aryl methyl sites for hydroxylation is 1. The lowest BCUT2D eigenvalue weighted by Crippen LogP contribution is -2.23. The second kappa shape index (κ2) is 8.55. The summed E-state index contributed by atoms with van der Waals surface area (Å²) in [7, 11) is 0. The van der Waals surface area contributed by atoms with Crippen LogP contribution in [0.1, 0.15) is 71.1 Å². The summed E-state index contributed by atoms with van der Waals surface area (Å²) in [5, 5.41) is 2.80. The molecule has 0 unspecified atom stereocenters. The Kier molecular flexibility index (Phi) is 7.28. The highest BCUT2D eigenvalue weighted by molar-refractivity contribution is 5.86. The van der Waals surface area contributed by atoms with E-state index in [0.29, 0.717) is 13.2 Å². The molecule has 0 saturated carbocycles. The van der Waals surface area contributed by atoms with Crippen LogP contribution in [-0.4, -0.2) is 19.1 Å². The minimum atomic E-state index is -0.121. The average molecular weight is 346 g/mol. The molecule has 1 N–H and O–H groups in total. The van der Waals surface area contributed by atoms with Gasteiger partial charge in [0.25, 0.3) is 0 Å². The molecule has 0 spiro atoms. The van der Waals surface area contributed by atoms with Crippen molar-refractivity contribution in [2.45, 2.75) is 72.1 Å². The summed E-state index contributed by atoms with van der Waals surface area (Å²) >= 11 is 0. The molecule has 0 aliphatic heterocycles. The van der Waals surface area contributed by atoms with Crippen molar-refractivity contribution in [1.82, 2.24) is 5.32 Å². The summed E-state index contributed by atoms with van der Waals surface area (Å²) in [6.07, 6.45) is 3.09. The second-order valence-corrected chi connectivity index (χ2v) is 8.74. The molecule has 0 atom stereocenters. The highest BCUT2D eigenvalue weighted by Crippen LogP contribution is 2.40. The van der Waals surface area contributed by atoms with Crippen molar-refractivity contribution in [3.8, 4) is 5.75 Å². The fourth-order valence-corrected chi connectivity index (χ4v) is 2.73. The van der Waals surface area contributed by atoms with Crippen LogP contribution in [0.2, 0.25) is 0 Å². The fraction of sp³-hybridized carbons (Fsp3) is 0.591. The smallest absolute Gasteiger partial charge is 0.243 e. The van der Waals surface area contributed by atoms with Crippen molar-refractivity contribution in [2.75, 3.05) is 13.2 Å². The quantitative estimate of drug-likeness (QED) is 0.554. The highest BCUT2D eigenvalue weighted by Gasteiger charge is 2.27. The molecule has 0 radical (unpaired) electrons. The van der Waals surface area contributed by atoms with E-state index in [2.05, 4.69) is 72.5 Å². The Balaban J connectivity index is 2.89. The molecule has 140 valence electrons. The molecule has 25 heavy (non-hydrogen) atoms. The maximum absolute atomic E-state index is 11.1. The molecule has 0 heterocycles. The Morgan fingerprint density at radius 2 is 1.60 bits per heavy atom. The van der Waals surface area contributed by atoms with E-state index in [4.69, 9.17) is 4.74 Å². The van der Waals surface area contributed by atoms with E-state index in [1.54, 1.807) is 0 Å². The van der Waals surface area contributed by atoms with Gasteiger partial charge in [0.05, 0.1) is 6.61 Å². The van der Waals surface area contributed by atoms with Crippen LogP contribution < -0.4 is 10.1 Å². The van der Waals surface area contributed by atoms with Gasteiger partial charge >= 0.3 is 0 Å². The van der Waals surface area contributed by atoms with E-state index in [1.807, 2.05) is 0 Å². The zero-order valence-electron chi connectivity index (χ0n) is 17.1. The topological polar surface area (TPSA) is 38.3 Å². The molecule has 3 heteroatoms. The molecule has 0 aliphatic rings. The van der Waals surface area contributed by atoms with Gasteiger partial charge in [0.1, 0.15) is 5.75 Å². The molecule has 0 aromatic heterocycles. The molecular weight excluding hydrogens is 310 g/mol. The minimum absolute atomic E-state index is 0.0271. The number of hydrogen-bond donors (Lipinski definition) is 1. The molecule has 1 aromatic rings. The van der Waals surface area contributed by atoms with E-state index < -0.39 is 0 Å². The van der Waals surface area contributed by atoms with Gasteiger partial charge in [-0.1, -0.05) is 65.8 Å². The molecule has 1 amide bonds. The van der Waals surface area contributed by atoms with Crippen molar-refractivity contribution in [2.24, 2.45) is 0 Å². The number of nitrogens with one attached hydrogen (secondary N) is 1. The third kappa shape index (κ3) is 6.56. The van der Waals surface area contributed by atoms with Gasteiger partial charge in [-0.3, -0.25) is 4.79 Å². The molecule has 1 aromatic carbocycles. The number of unbranched alkanes of at least 4 members (excludes halogenated alkanes) is 1. The second-order valence-electron chi connectivity index (χ2n) is 8.74. The monoisotopic (exact) mass is 345 g/mol. The Bertz CT molecular complexity index is 568. The van der Waals surface area contributed by atoms with Crippen LogP contribution in [0.5, 0.6) is 5.75 Å². The number of benzene rings is 1. The number of rotatable bonds is 7. The average Bonchev–Trinajstić information content (AvgIpc) is 2.48. The van der Waals surface area contributed by atoms with Crippen LogP contribution in [0.4, 0.5) is 0 Å². The summed E-state index contributed by atoms with van der Waals surface area (Å²) in [5.74, 6) is 0.908. The normalized spacial score (nSPS) is 12.0. The molecular formula is C22H35NO2. The van der Waals surface area contributed by atoms with Gasteiger partial charge in [-0.05, 0) is 36.7 Å². The number of ether oxygens (including phenoxy) is 1. The predicted molar refractivity (Wildman–Crippen MR) is 107 cm³/mol. The van der Waals surface area contributed by atoms with Crippen LogP contribution in [0.15, 0.2) is 24.8 Å². The zero-order chi connectivity index (χ0) is 19.3. The van der Waals surface area contributed by atoms with E-state index >= 15 is 0 Å². The van der Waals surface area contributed by atoms with Crippen molar-refractivity contribution < 1.29 is 9.53 Å². The molecule has 0 bridgehead atoms. The Hall–Kier alpha value is -1.77. The summed E-state index contributed by atoms with van der Waals surface area (Å²) < 4.78 is 6.28. The molecule has 1 rings (SSSR count). The van der Waals surface area contributed by atoms with E-state index in [0.717, 1.165) is 18.6 Å². The van der Waals surface area contributed by atoms with Gasteiger partial charge in [0, 0.05) is 17.7 Å². The van der Waals surface area contributed by atoms with E-state index in [1.165, 1.54) is 22.8 Å². The summed E-state index contributed by atoms with van der Waals surface area (Å²) in [4.78, 5) is 11.1. The maximum Gasteiger partial charge on any atom is 0.243 e. The molecule has 0 saturated heterocycles. The SMILES string of the molecule is C=CC(=O)NCCCCOc1c(C(C)(C)C)cc(C)cc1C(C)(C)C. The van der Waals surface area contributed by atoms with Gasteiger partial charge in [-0.2, -0.15) is 0 Å². The number of hydrogen-bond acceptors (Lipinski definition) is 2. The summed E-state index contributed by atoms with van der Waals surface area (Å²) in [6, 6.07) is 4.49. The molecule has 0 aliphatic carbocycles. The van der Waals surface area contributed by atoms with Crippen molar-refractivity contribution in [3.05, 3.63) is 41.5 Å². The van der Waals surface area contributed by atoms with Crippen LogP contribution in [0.3, 0.4) is 0 Å². The number of amides is 1. The fourth-order valence-electron chi connectivity index (χ4n) is 2.73. The summed E-state index contributed by atoms with van der Waals surface area (Å²) in [5.41, 5.74) is 3.85. The van der Waals surface area contributed by atoms with Crippen molar-refractivity contribution >= 4 is 5.91 Å². The zero-order valence-corrected chi connectivity index (χ0v) is 17.1. The van der Waals surface area contributed by atoms with E-state index in [-0.39, 0.29) is 16.7 Å². The first kappa shape index (κ1) is 21.3. The first-order chi connectivity index (χ1) is 11.5. The first-order valence-corrected chi connectivity index (χ1v) is 9.15. The predicted octanol–water partition coefficient (Wildman–Crippen LogP) is 5.05. The van der Waals surface area contributed by atoms with Crippen LogP contribution >= 0.6 is 0 Å². The first-order valence-electron chi connectivity index (χ1n) is 9.15. The van der Waals surface area contributed by atoms with Gasteiger partial charge in [0.2, 0.25) is 5.91 Å². The third-order valence-corrected chi connectivity index (χ3v) is 4.15.